The SMILES string of the molecule is O=C1C=Cc2cccc3cccc1c23.O=S([O-])c1ccccc1. The van der Waals surface area contributed by atoms with E-state index in [1.165, 1.54) is 0 Å². The number of benzene rings is 3. The summed E-state index contributed by atoms with van der Waals surface area (Å²) in [7, 11) is 0. The largest absolute Gasteiger partial charge is 0.768 e. The average molecular weight is 321 g/mol. The maximum absolute atomic E-state index is 11.6. The molecule has 0 amide bonds. The molecular formula is C19H13O3S-. The van der Waals surface area contributed by atoms with Crippen LogP contribution in [0.25, 0.3) is 16.8 Å². The summed E-state index contributed by atoms with van der Waals surface area (Å²) in [5.41, 5.74) is 1.96. The summed E-state index contributed by atoms with van der Waals surface area (Å²) in [5, 5.41) is 2.22. The molecule has 23 heavy (non-hydrogen) atoms. The minimum Gasteiger partial charge on any atom is -0.768 e. The Morgan fingerprint density at radius 3 is 2.13 bits per heavy atom. The van der Waals surface area contributed by atoms with E-state index in [-0.39, 0.29) is 5.78 Å². The highest BCUT2D eigenvalue weighted by molar-refractivity contribution is 7.79. The van der Waals surface area contributed by atoms with Crippen LogP contribution < -0.4 is 0 Å². The lowest BCUT2D eigenvalue weighted by Crippen LogP contribution is -2.00. The quantitative estimate of drug-likeness (QED) is 0.637. The second-order valence-corrected chi connectivity index (χ2v) is 5.94. The van der Waals surface area contributed by atoms with Crippen LogP contribution in [0.4, 0.5) is 0 Å². The third kappa shape index (κ3) is 3.28. The van der Waals surface area contributed by atoms with Gasteiger partial charge in [0.1, 0.15) is 0 Å². The molecule has 3 aromatic rings. The van der Waals surface area contributed by atoms with Gasteiger partial charge in [0.2, 0.25) is 0 Å². The minimum atomic E-state index is -2.08. The molecule has 3 nitrogen and oxygen atoms in total. The van der Waals surface area contributed by atoms with Gasteiger partial charge in [-0.25, -0.2) is 0 Å². The summed E-state index contributed by atoms with van der Waals surface area (Å²) in [6, 6.07) is 20.2. The third-order valence-electron chi connectivity index (χ3n) is 3.55. The van der Waals surface area contributed by atoms with Crippen molar-refractivity contribution in [2.24, 2.45) is 0 Å². The van der Waals surface area contributed by atoms with Crippen LogP contribution in [0.3, 0.4) is 0 Å². The standard InChI is InChI=1S/C13H8O.C6H6O2S/c14-12-8-7-10-4-1-3-9-5-2-6-11(12)13(9)10;7-9(8)6-4-2-1-3-5-6/h1-8H;1-5H,(H,7,8)/p-1. The van der Waals surface area contributed by atoms with Crippen molar-refractivity contribution in [3.63, 3.8) is 0 Å². The summed E-state index contributed by atoms with van der Waals surface area (Å²) in [5.74, 6) is 0.106. The lowest BCUT2D eigenvalue weighted by molar-refractivity contribution is 0.104. The molecule has 0 aliphatic heterocycles. The summed E-state index contributed by atoms with van der Waals surface area (Å²) in [4.78, 5) is 11.9. The molecule has 0 bridgehead atoms. The summed E-state index contributed by atoms with van der Waals surface area (Å²) in [6.07, 6.45) is 3.52. The van der Waals surface area contributed by atoms with Gasteiger partial charge in [-0.05, 0) is 40.2 Å². The lowest BCUT2D eigenvalue weighted by atomic mass is 9.92. The van der Waals surface area contributed by atoms with Crippen molar-refractivity contribution in [3.05, 3.63) is 83.9 Å². The zero-order valence-corrected chi connectivity index (χ0v) is 13.0. The molecule has 3 aromatic carbocycles. The van der Waals surface area contributed by atoms with Crippen molar-refractivity contribution >= 4 is 33.7 Å². The summed E-state index contributed by atoms with van der Waals surface area (Å²) < 4.78 is 20.4. The second-order valence-electron chi connectivity index (χ2n) is 5.00. The van der Waals surface area contributed by atoms with E-state index >= 15 is 0 Å². The van der Waals surface area contributed by atoms with Gasteiger partial charge < -0.3 is 4.55 Å². The van der Waals surface area contributed by atoms with E-state index in [0.717, 1.165) is 21.9 Å². The van der Waals surface area contributed by atoms with Crippen LogP contribution in [0.15, 0.2) is 77.7 Å². The van der Waals surface area contributed by atoms with Gasteiger partial charge in [0, 0.05) is 15.8 Å². The van der Waals surface area contributed by atoms with Crippen molar-refractivity contribution in [1.29, 1.82) is 0 Å². The van der Waals surface area contributed by atoms with E-state index in [1.807, 2.05) is 42.5 Å². The van der Waals surface area contributed by atoms with E-state index in [9.17, 15) is 13.6 Å². The van der Waals surface area contributed by atoms with Crippen LogP contribution in [-0.4, -0.2) is 14.5 Å². The zero-order valence-electron chi connectivity index (χ0n) is 12.1. The van der Waals surface area contributed by atoms with Gasteiger partial charge in [0.15, 0.2) is 5.78 Å². The van der Waals surface area contributed by atoms with Crippen molar-refractivity contribution < 1.29 is 13.6 Å². The van der Waals surface area contributed by atoms with Crippen molar-refractivity contribution in [2.75, 3.05) is 0 Å². The minimum absolute atomic E-state index is 0.106. The molecule has 114 valence electrons. The Bertz CT molecular complexity index is 909. The lowest BCUT2D eigenvalue weighted by Gasteiger charge is -2.10. The number of carbonyl (C=O) groups is 1. The molecule has 0 spiro atoms. The highest BCUT2D eigenvalue weighted by atomic mass is 32.2. The van der Waals surface area contributed by atoms with Crippen LogP contribution in [0.2, 0.25) is 0 Å². The van der Waals surface area contributed by atoms with E-state index in [0.29, 0.717) is 4.90 Å². The predicted octanol–water partition coefficient (Wildman–Crippen LogP) is 3.97. The molecule has 0 radical (unpaired) electrons. The summed E-state index contributed by atoms with van der Waals surface area (Å²) in [6.45, 7) is 0. The van der Waals surface area contributed by atoms with Gasteiger partial charge in [0.05, 0.1) is 0 Å². The highest BCUT2D eigenvalue weighted by Crippen LogP contribution is 2.27. The molecule has 1 unspecified atom stereocenters. The van der Waals surface area contributed by atoms with Crippen molar-refractivity contribution in [3.8, 4) is 0 Å². The maximum atomic E-state index is 11.6. The highest BCUT2D eigenvalue weighted by Gasteiger charge is 2.13. The van der Waals surface area contributed by atoms with E-state index in [2.05, 4.69) is 0 Å². The van der Waals surface area contributed by atoms with Gasteiger partial charge in [-0.1, -0.05) is 60.7 Å². The number of hydrogen-bond acceptors (Lipinski definition) is 3. The Balaban J connectivity index is 0.000000151. The van der Waals surface area contributed by atoms with Gasteiger partial charge in [-0.2, -0.15) is 0 Å². The molecule has 1 aliphatic carbocycles. The third-order valence-corrected chi connectivity index (χ3v) is 4.21. The number of rotatable bonds is 1. The molecule has 4 rings (SSSR count). The van der Waals surface area contributed by atoms with Crippen LogP contribution in [-0.2, 0) is 11.1 Å². The zero-order chi connectivity index (χ0) is 16.2. The first-order valence-electron chi connectivity index (χ1n) is 7.05. The monoisotopic (exact) mass is 321 g/mol. The van der Waals surface area contributed by atoms with E-state index in [1.54, 1.807) is 36.4 Å². The Kier molecular flexibility index (Phi) is 4.46. The Morgan fingerprint density at radius 1 is 0.783 bits per heavy atom. The Morgan fingerprint density at radius 2 is 1.48 bits per heavy atom. The van der Waals surface area contributed by atoms with Crippen LogP contribution in [0.5, 0.6) is 0 Å². The molecule has 0 fully saturated rings. The first-order valence-corrected chi connectivity index (χ1v) is 8.13. The molecule has 4 heteroatoms. The smallest absolute Gasteiger partial charge is 0.186 e. The Labute approximate surface area is 136 Å². The van der Waals surface area contributed by atoms with Crippen LogP contribution in [0, 0.1) is 0 Å². The molecule has 1 aliphatic rings. The molecular weight excluding hydrogens is 308 g/mol. The average Bonchev–Trinajstić information content (AvgIpc) is 2.60. The van der Waals surface area contributed by atoms with E-state index in [4.69, 9.17) is 0 Å². The van der Waals surface area contributed by atoms with Crippen molar-refractivity contribution in [2.45, 2.75) is 4.90 Å². The number of ketones is 1. The fourth-order valence-electron chi connectivity index (χ4n) is 2.50. The Hall–Kier alpha value is -2.56. The number of allylic oxidation sites excluding steroid dienone is 1. The number of carbonyl (C=O) groups excluding carboxylic acids is 1. The fourth-order valence-corrected chi connectivity index (χ4v) is 2.88. The topological polar surface area (TPSA) is 57.2 Å². The van der Waals surface area contributed by atoms with Crippen LogP contribution in [0.1, 0.15) is 15.9 Å². The van der Waals surface area contributed by atoms with Gasteiger partial charge in [-0.15, -0.1) is 0 Å². The van der Waals surface area contributed by atoms with E-state index < -0.39 is 11.1 Å². The molecule has 0 saturated heterocycles. The van der Waals surface area contributed by atoms with Gasteiger partial charge in [0.25, 0.3) is 0 Å². The van der Waals surface area contributed by atoms with Crippen LogP contribution >= 0.6 is 0 Å². The fraction of sp³-hybridized carbons (Fsp3) is 0. The molecule has 0 heterocycles. The predicted molar refractivity (Wildman–Crippen MR) is 90.9 cm³/mol. The van der Waals surface area contributed by atoms with Crippen molar-refractivity contribution in [1.82, 2.24) is 0 Å². The molecule has 1 atom stereocenters. The second kappa shape index (κ2) is 6.69. The molecule has 0 N–H and O–H groups in total. The first kappa shape index (κ1) is 15.3. The number of hydrogen-bond donors (Lipinski definition) is 0. The summed E-state index contributed by atoms with van der Waals surface area (Å²) >= 11 is -2.08. The first-order chi connectivity index (χ1) is 11.2. The molecule has 0 saturated carbocycles. The van der Waals surface area contributed by atoms with Gasteiger partial charge in [-0.3, -0.25) is 9.00 Å². The van der Waals surface area contributed by atoms with Gasteiger partial charge >= 0.3 is 0 Å². The normalized spacial score (nSPS) is 13.3. The maximum Gasteiger partial charge on any atom is 0.186 e. The molecule has 0 aromatic heterocycles.